The second kappa shape index (κ2) is 10.3. The second-order valence-electron chi connectivity index (χ2n) is 9.02. The van der Waals surface area contributed by atoms with Gasteiger partial charge in [-0.3, -0.25) is 9.36 Å². The van der Waals surface area contributed by atoms with Gasteiger partial charge in [0.1, 0.15) is 11.6 Å². The monoisotopic (exact) mass is 609 g/mol. The molecule has 0 saturated heterocycles. The van der Waals surface area contributed by atoms with Crippen LogP contribution in [-0.4, -0.2) is 21.2 Å². The standard InChI is InChI=1S/C32H24IN3O2/c1-38-26-11-7-10-25(19-26)36-31(34-29-16-15-24(33)18-28(29)32(36)37)17-14-23-21-35(20-22-8-3-2-4-9-22)30-13-6-5-12-27(23)30/h2-19,21H,20H2,1H3/b17-14-. The Morgan fingerprint density at radius 2 is 1.68 bits per heavy atom. The van der Waals surface area contributed by atoms with Crippen molar-refractivity contribution in [2.24, 2.45) is 0 Å². The SMILES string of the molecule is COc1cccc(-n2c(/C=C\c3cn(Cc4ccccc4)c4ccccc34)nc3ccc(I)cc3c2=O)c1. The van der Waals surface area contributed by atoms with E-state index in [0.29, 0.717) is 28.2 Å². The number of nitrogens with zero attached hydrogens (tertiary/aromatic N) is 3. The maximum absolute atomic E-state index is 13.8. The molecule has 0 aliphatic carbocycles. The van der Waals surface area contributed by atoms with Crippen LogP contribution < -0.4 is 10.3 Å². The Kier molecular flexibility index (Phi) is 6.55. The Morgan fingerprint density at radius 3 is 2.53 bits per heavy atom. The fourth-order valence-corrected chi connectivity index (χ4v) is 5.26. The second-order valence-corrected chi connectivity index (χ2v) is 10.3. The lowest BCUT2D eigenvalue weighted by Crippen LogP contribution is -2.22. The number of hydrogen-bond donors (Lipinski definition) is 0. The zero-order chi connectivity index (χ0) is 26.1. The van der Waals surface area contributed by atoms with Crippen LogP contribution in [0.1, 0.15) is 17.0 Å². The summed E-state index contributed by atoms with van der Waals surface area (Å²) in [4.78, 5) is 18.7. The molecular weight excluding hydrogens is 585 g/mol. The van der Waals surface area contributed by atoms with Gasteiger partial charge >= 0.3 is 0 Å². The maximum Gasteiger partial charge on any atom is 0.266 e. The van der Waals surface area contributed by atoms with E-state index in [0.717, 1.165) is 26.6 Å². The summed E-state index contributed by atoms with van der Waals surface area (Å²) in [6.45, 7) is 0.774. The van der Waals surface area contributed by atoms with E-state index in [1.54, 1.807) is 11.7 Å². The van der Waals surface area contributed by atoms with Gasteiger partial charge in [0, 0.05) is 38.8 Å². The average molecular weight is 609 g/mol. The molecule has 6 heteroatoms. The largest absolute Gasteiger partial charge is 0.497 e. The van der Waals surface area contributed by atoms with E-state index in [9.17, 15) is 4.79 Å². The van der Waals surface area contributed by atoms with Crippen LogP contribution in [0, 0.1) is 3.57 Å². The predicted molar refractivity (Wildman–Crippen MR) is 163 cm³/mol. The first-order valence-corrected chi connectivity index (χ1v) is 13.4. The number of methoxy groups -OCH3 is 1. The zero-order valence-electron chi connectivity index (χ0n) is 20.7. The van der Waals surface area contributed by atoms with Crippen molar-refractivity contribution in [2.75, 3.05) is 7.11 Å². The molecule has 0 bridgehead atoms. The first kappa shape index (κ1) is 24.2. The van der Waals surface area contributed by atoms with Gasteiger partial charge < -0.3 is 9.30 Å². The summed E-state index contributed by atoms with van der Waals surface area (Å²) >= 11 is 2.22. The fourth-order valence-electron chi connectivity index (χ4n) is 4.77. The summed E-state index contributed by atoms with van der Waals surface area (Å²) in [5, 5.41) is 1.72. The molecule has 2 aromatic heterocycles. The minimum absolute atomic E-state index is 0.118. The van der Waals surface area contributed by atoms with Crippen LogP contribution in [0.4, 0.5) is 0 Å². The summed E-state index contributed by atoms with van der Waals surface area (Å²) in [7, 11) is 1.62. The van der Waals surface area contributed by atoms with Gasteiger partial charge in [0.15, 0.2) is 0 Å². The Hall–Kier alpha value is -4.17. The van der Waals surface area contributed by atoms with Crippen LogP contribution >= 0.6 is 22.6 Å². The van der Waals surface area contributed by atoms with Crippen molar-refractivity contribution in [3.05, 3.63) is 134 Å². The summed E-state index contributed by atoms with van der Waals surface area (Å²) in [5.41, 5.74) is 4.71. The molecule has 0 fully saturated rings. The number of aromatic nitrogens is 3. The number of rotatable bonds is 6. The molecule has 6 aromatic rings. The third-order valence-corrected chi connectivity index (χ3v) is 7.27. The highest BCUT2D eigenvalue weighted by atomic mass is 127. The molecule has 5 nitrogen and oxygen atoms in total. The molecule has 6 rings (SSSR count). The number of para-hydroxylation sites is 1. The van der Waals surface area contributed by atoms with E-state index < -0.39 is 0 Å². The van der Waals surface area contributed by atoms with E-state index in [1.165, 1.54) is 5.56 Å². The number of hydrogen-bond acceptors (Lipinski definition) is 3. The fraction of sp³-hybridized carbons (Fsp3) is 0.0625. The first-order valence-electron chi connectivity index (χ1n) is 12.3. The van der Waals surface area contributed by atoms with Crippen LogP contribution in [0.2, 0.25) is 0 Å². The third kappa shape index (κ3) is 4.63. The predicted octanol–water partition coefficient (Wildman–Crippen LogP) is 7.17. The zero-order valence-corrected chi connectivity index (χ0v) is 22.9. The molecule has 0 N–H and O–H groups in total. The lowest BCUT2D eigenvalue weighted by atomic mass is 10.1. The quantitative estimate of drug-likeness (QED) is 0.188. The Bertz CT molecular complexity index is 1870. The van der Waals surface area contributed by atoms with Gasteiger partial charge in [-0.15, -0.1) is 0 Å². The lowest BCUT2D eigenvalue weighted by Gasteiger charge is -2.12. The van der Waals surface area contributed by atoms with Crippen LogP contribution in [0.5, 0.6) is 5.75 Å². The smallest absolute Gasteiger partial charge is 0.266 e. The van der Waals surface area contributed by atoms with Gasteiger partial charge in [-0.1, -0.05) is 54.6 Å². The average Bonchev–Trinajstić information content (AvgIpc) is 3.30. The van der Waals surface area contributed by atoms with Crippen molar-refractivity contribution in [2.45, 2.75) is 6.54 Å². The van der Waals surface area contributed by atoms with Crippen molar-refractivity contribution in [1.82, 2.24) is 14.1 Å². The summed E-state index contributed by atoms with van der Waals surface area (Å²) in [5.74, 6) is 1.23. The molecule has 38 heavy (non-hydrogen) atoms. The topological polar surface area (TPSA) is 49.0 Å². The van der Waals surface area contributed by atoms with Gasteiger partial charge in [-0.2, -0.15) is 0 Å². The van der Waals surface area contributed by atoms with Crippen LogP contribution in [0.25, 0.3) is 39.6 Å². The number of fused-ring (bicyclic) bond motifs is 2. The number of halogens is 1. The first-order chi connectivity index (χ1) is 18.6. The summed E-state index contributed by atoms with van der Waals surface area (Å²) < 4.78 is 10.3. The molecule has 0 atom stereocenters. The van der Waals surface area contributed by atoms with Crippen LogP contribution in [0.15, 0.2) is 108 Å². The molecule has 0 aliphatic rings. The summed E-state index contributed by atoms with van der Waals surface area (Å²) in [6, 6.07) is 32.0. The highest BCUT2D eigenvalue weighted by molar-refractivity contribution is 14.1. The van der Waals surface area contributed by atoms with Gasteiger partial charge in [0.2, 0.25) is 0 Å². The molecule has 186 valence electrons. The summed E-state index contributed by atoms with van der Waals surface area (Å²) in [6.07, 6.45) is 6.12. The molecule has 4 aromatic carbocycles. The van der Waals surface area contributed by atoms with E-state index in [4.69, 9.17) is 9.72 Å². The molecule has 0 unspecified atom stereocenters. The molecule has 0 radical (unpaired) electrons. The number of benzene rings is 4. The third-order valence-electron chi connectivity index (χ3n) is 6.59. The van der Waals surface area contributed by atoms with E-state index in [-0.39, 0.29) is 5.56 Å². The molecule has 0 saturated carbocycles. The minimum atomic E-state index is -0.118. The minimum Gasteiger partial charge on any atom is -0.497 e. The normalized spacial score (nSPS) is 11.5. The van der Waals surface area contributed by atoms with Crippen molar-refractivity contribution in [3.8, 4) is 11.4 Å². The van der Waals surface area contributed by atoms with Crippen LogP contribution in [0.3, 0.4) is 0 Å². The van der Waals surface area contributed by atoms with E-state index in [2.05, 4.69) is 81.9 Å². The van der Waals surface area contributed by atoms with Crippen molar-refractivity contribution >= 4 is 56.5 Å². The molecular formula is C32H24IN3O2. The van der Waals surface area contributed by atoms with E-state index in [1.807, 2.05) is 60.7 Å². The van der Waals surface area contributed by atoms with Gasteiger partial charge in [0.05, 0.1) is 23.7 Å². The molecule has 2 heterocycles. The Labute approximate surface area is 233 Å². The van der Waals surface area contributed by atoms with Gasteiger partial charge in [-0.05, 0) is 76.7 Å². The molecule has 0 aliphatic heterocycles. The lowest BCUT2D eigenvalue weighted by molar-refractivity contribution is 0.414. The molecule has 0 amide bonds. The maximum atomic E-state index is 13.8. The van der Waals surface area contributed by atoms with E-state index >= 15 is 0 Å². The van der Waals surface area contributed by atoms with Gasteiger partial charge in [0.25, 0.3) is 5.56 Å². The Balaban J connectivity index is 1.51. The van der Waals surface area contributed by atoms with Crippen LogP contribution in [-0.2, 0) is 6.54 Å². The van der Waals surface area contributed by atoms with Crippen molar-refractivity contribution in [1.29, 1.82) is 0 Å². The van der Waals surface area contributed by atoms with Crippen molar-refractivity contribution in [3.63, 3.8) is 0 Å². The molecule has 0 spiro atoms. The number of ether oxygens (including phenoxy) is 1. The highest BCUT2D eigenvalue weighted by Gasteiger charge is 2.13. The van der Waals surface area contributed by atoms with Gasteiger partial charge in [-0.25, -0.2) is 4.98 Å². The van der Waals surface area contributed by atoms with Crippen molar-refractivity contribution < 1.29 is 4.74 Å². The highest BCUT2D eigenvalue weighted by Crippen LogP contribution is 2.25. The Morgan fingerprint density at radius 1 is 0.868 bits per heavy atom.